The second-order valence-corrected chi connectivity index (χ2v) is 4.67. The van der Waals surface area contributed by atoms with E-state index in [1.807, 2.05) is 19.9 Å². The van der Waals surface area contributed by atoms with Gasteiger partial charge in [-0.15, -0.1) is 0 Å². The fourth-order valence-electron chi connectivity index (χ4n) is 1.74. The molecular weight excluding hydrogens is 246 g/mol. The number of hydrogen-bond acceptors (Lipinski definition) is 6. The van der Waals surface area contributed by atoms with Crippen molar-refractivity contribution in [2.75, 3.05) is 11.9 Å². The standard InChI is InChI=1S/C12H17N5O2/c1-8(2)3-10(6-14)16-12-11(17(18)19)4-9(5-13)7-15-12/h4,7-8,10H,3,6,14H2,1-2H3,(H,15,16). The lowest BCUT2D eigenvalue weighted by Gasteiger charge is -2.19. The smallest absolute Gasteiger partial charge is 0.312 e. The number of nitrogens with zero attached hydrogens (tertiary/aromatic N) is 3. The molecule has 1 aromatic rings. The maximum Gasteiger partial charge on any atom is 0.312 e. The van der Waals surface area contributed by atoms with Crippen LogP contribution in [-0.2, 0) is 0 Å². The zero-order chi connectivity index (χ0) is 14.4. The molecule has 1 atom stereocenters. The molecule has 7 nitrogen and oxygen atoms in total. The summed E-state index contributed by atoms with van der Waals surface area (Å²) in [7, 11) is 0. The van der Waals surface area contributed by atoms with Crippen LogP contribution in [0.2, 0.25) is 0 Å². The van der Waals surface area contributed by atoms with Gasteiger partial charge in [-0.2, -0.15) is 5.26 Å². The highest BCUT2D eigenvalue weighted by Gasteiger charge is 2.19. The average molecular weight is 263 g/mol. The predicted molar refractivity (Wildman–Crippen MR) is 71.5 cm³/mol. The summed E-state index contributed by atoms with van der Waals surface area (Å²) in [5, 5.41) is 22.7. The van der Waals surface area contributed by atoms with Gasteiger partial charge in [-0.25, -0.2) is 4.98 Å². The van der Waals surface area contributed by atoms with Crippen LogP contribution in [0.3, 0.4) is 0 Å². The lowest BCUT2D eigenvalue weighted by atomic mass is 10.0. The fraction of sp³-hybridized carbons (Fsp3) is 0.500. The van der Waals surface area contributed by atoms with Gasteiger partial charge in [0.05, 0.1) is 10.5 Å². The van der Waals surface area contributed by atoms with Crippen LogP contribution in [-0.4, -0.2) is 22.5 Å². The van der Waals surface area contributed by atoms with Gasteiger partial charge in [-0.3, -0.25) is 10.1 Å². The first-order valence-corrected chi connectivity index (χ1v) is 5.99. The second kappa shape index (κ2) is 6.66. The quantitative estimate of drug-likeness (QED) is 0.595. The Morgan fingerprint density at radius 3 is 2.79 bits per heavy atom. The van der Waals surface area contributed by atoms with Crippen LogP contribution in [0.4, 0.5) is 11.5 Å². The number of nitrogens with two attached hydrogens (primary N) is 1. The molecule has 1 rings (SSSR count). The van der Waals surface area contributed by atoms with Gasteiger partial charge in [0.1, 0.15) is 6.07 Å². The molecule has 1 aromatic heterocycles. The molecular formula is C12H17N5O2. The van der Waals surface area contributed by atoms with E-state index in [0.717, 1.165) is 6.42 Å². The zero-order valence-corrected chi connectivity index (χ0v) is 11.0. The molecule has 0 spiro atoms. The van der Waals surface area contributed by atoms with Crippen LogP contribution in [0.25, 0.3) is 0 Å². The van der Waals surface area contributed by atoms with Crippen molar-refractivity contribution in [2.45, 2.75) is 26.3 Å². The van der Waals surface area contributed by atoms with Crippen molar-refractivity contribution in [3.8, 4) is 6.07 Å². The van der Waals surface area contributed by atoms with Gasteiger partial charge in [-0.1, -0.05) is 13.8 Å². The summed E-state index contributed by atoms with van der Waals surface area (Å²) in [6.45, 7) is 4.45. The van der Waals surface area contributed by atoms with Gasteiger partial charge < -0.3 is 11.1 Å². The van der Waals surface area contributed by atoms with Crippen LogP contribution in [0.5, 0.6) is 0 Å². The summed E-state index contributed by atoms with van der Waals surface area (Å²) in [4.78, 5) is 14.3. The van der Waals surface area contributed by atoms with E-state index >= 15 is 0 Å². The summed E-state index contributed by atoms with van der Waals surface area (Å²) in [6, 6.07) is 2.95. The number of nitro groups is 1. The predicted octanol–water partition coefficient (Wildman–Crippen LogP) is 1.65. The largest absolute Gasteiger partial charge is 0.360 e. The van der Waals surface area contributed by atoms with Gasteiger partial charge in [0.25, 0.3) is 0 Å². The molecule has 0 fully saturated rings. The molecule has 0 aliphatic carbocycles. The highest BCUT2D eigenvalue weighted by molar-refractivity contribution is 5.58. The lowest BCUT2D eigenvalue weighted by Crippen LogP contribution is -2.31. The van der Waals surface area contributed by atoms with Crippen LogP contribution >= 0.6 is 0 Å². The Labute approximate surface area is 111 Å². The molecule has 102 valence electrons. The normalized spacial score (nSPS) is 11.9. The van der Waals surface area contributed by atoms with Crippen LogP contribution in [0, 0.1) is 27.4 Å². The van der Waals surface area contributed by atoms with Gasteiger partial charge in [-0.05, 0) is 12.3 Å². The van der Waals surface area contributed by atoms with Crippen molar-refractivity contribution in [3.63, 3.8) is 0 Å². The second-order valence-electron chi connectivity index (χ2n) is 4.67. The highest BCUT2D eigenvalue weighted by atomic mass is 16.6. The third kappa shape index (κ3) is 4.19. The fourth-order valence-corrected chi connectivity index (χ4v) is 1.74. The lowest BCUT2D eigenvalue weighted by molar-refractivity contribution is -0.384. The molecule has 3 N–H and O–H groups in total. The molecule has 1 heterocycles. The van der Waals surface area contributed by atoms with E-state index in [9.17, 15) is 10.1 Å². The number of hydrogen-bond donors (Lipinski definition) is 2. The third-order valence-corrected chi connectivity index (χ3v) is 2.57. The van der Waals surface area contributed by atoms with Crippen LogP contribution in [0.15, 0.2) is 12.3 Å². The summed E-state index contributed by atoms with van der Waals surface area (Å²) in [6.07, 6.45) is 2.09. The summed E-state index contributed by atoms with van der Waals surface area (Å²) in [5.41, 5.74) is 5.59. The number of nitrogens with one attached hydrogen (secondary N) is 1. The minimum atomic E-state index is -0.556. The Hall–Kier alpha value is -2.20. The van der Waals surface area contributed by atoms with Gasteiger partial charge in [0.15, 0.2) is 0 Å². The van der Waals surface area contributed by atoms with E-state index in [-0.39, 0.29) is 23.1 Å². The van der Waals surface area contributed by atoms with E-state index in [1.165, 1.54) is 12.3 Å². The van der Waals surface area contributed by atoms with E-state index in [1.54, 1.807) is 0 Å². The van der Waals surface area contributed by atoms with Crippen LogP contribution < -0.4 is 11.1 Å². The monoisotopic (exact) mass is 263 g/mol. The first kappa shape index (κ1) is 14.9. The van der Waals surface area contributed by atoms with Gasteiger partial charge >= 0.3 is 5.69 Å². The van der Waals surface area contributed by atoms with Crippen molar-refractivity contribution in [1.29, 1.82) is 5.26 Å². The molecule has 0 amide bonds. The summed E-state index contributed by atoms with van der Waals surface area (Å²) >= 11 is 0. The Balaban J connectivity index is 2.99. The molecule has 0 aromatic carbocycles. The Bertz CT molecular complexity index is 495. The van der Waals surface area contributed by atoms with Gasteiger partial charge in [0.2, 0.25) is 5.82 Å². The van der Waals surface area contributed by atoms with E-state index in [0.29, 0.717) is 12.5 Å². The number of rotatable bonds is 6. The van der Waals surface area contributed by atoms with Crippen LogP contribution in [0.1, 0.15) is 25.8 Å². The minimum absolute atomic E-state index is 0.0841. The maximum atomic E-state index is 11.0. The molecule has 0 aliphatic heterocycles. The summed E-state index contributed by atoms with van der Waals surface area (Å²) < 4.78 is 0. The maximum absolute atomic E-state index is 11.0. The Kier molecular flexibility index (Phi) is 5.21. The first-order valence-electron chi connectivity index (χ1n) is 5.99. The topological polar surface area (TPSA) is 118 Å². The molecule has 0 saturated heterocycles. The van der Waals surface area contributed by atoms with E-state index < -0.39 is 4.92 Å². The minimum Gasteiger partial charge on any atom is -0.360 e. The molecule has 0 radical (unpaired) electrons. The molecule has 19 heavy (non-hydrogen) atoms. The third-order valence-electron chi connectivity index (χ3n) is 2.57. The van der Waals surface area contributed by atoms with Crippen molar-refractivity contribution in [2.24, 2.45) is 11.7 Å². The molecule has 0 saturated carbocycles. The first-order chi connectivity index (χ1) is 8.97. The number of anilines is 1. The highest BCUT2D eigenvalue weighted by Crippen LogP contribution is 2.24. The van der Waals surface area contributed by atoms with Crippen molar-refractivity contribution >= 4 is 11.5 Å². The average Bonchev–Trinajstić information content (AvgIpc) is 2.37. The zero-order valence-electron chi connectivity index (χ0n) is 11.0. The number of aromatic nitrogens is 1. The van der Waals surface area contributed by atoms with E-state index in [4.69, 9.17) is 11.0 Å². The van der Waals surface area contributed by atoms with Crippen molar-refractivity contribution in [1.82, 2.24) is 4.98 Å². The summed E-state index contributed by atoms with van der Waals surface area (Å²) in [5.74, 6) is 0.568. The number of nitriles is 1. The SMILES string of the molecule is CC(C)CC(CN)Nc1ncc(C#N)cc1[N+](=O)[O-]. The Morgan fingerprint density at radius 2 is 2.32 bits per heavy atom. The molecule has 7 heteroatoms. The van der Waals surface area contributed by atoms with Gasteiger partial charge in [0, 0.05) is 24.8 Å². The number of pyridine rings is 1. The molecule has 0 bridgehead atoms. The molecule has 0 aliphatic rings. The van der Waals surface area contributed by atoms with Crippen molar-refractivity contribution in [3.05, 3.63) is 27.9 Å². The molecule has 1 unspecified atom stereocenters. The Morgan fingerprint density at radius 1 is 1.63 bits per heavy atom. The van der Waals surface area contributed by atoms with E-state index in [2.05, 4.69) is 10.3 Å². The van der Waals surface area contributed by atoms with Crippen molar-refractivity contribution < 1.29 is 4.92 Å².